The summed E-state index contributed by atoms with van der Waals surface area (Å²) in [6, 6.07) is 5.81. The van der Waals surface area contributed by atoms with Crippen LogP contribution in [-0.2, 0) is 0 Å². The molecule has 1 aromatic heterocycles. The van der Waals surface area contributed by atoms with E-state index in [2.05, 4.69) is 26.1 Å². The molecular formula is C8H6BrN3. The Hall–Kier alpha value is -1.16. The average Bonchev–Trinajstić information content (AvgIpc) is 2.04. The Balaban J connectivity index is 2.86. The van der Waals surface area contributed by atoms with Gasteiger partial charge in [0.05, 0.1) is 6.20 Å². The Morgan fingerprint density at radius 2 is 2.17 bits per heavy atom. The lowest BCUT2D eigenvalue weighted by atomic mass is 10.2. The van der Waals surface area contributed by atoms with Crippen molar-refractivity contribution in [1.29, 1.82) is 0 Å². The first kappa shape index (κ1) is 7.49. The molecule has 4 heteroatoms. The van der Waals surface area contributed by atoms with Gasteiger partial charge in [0.15, 0.2) is 5.82 Å². The Morgan fingerprint density at radius 3 is 3.00 bits per heavy atom. The minimum absolute atomic E-state index is 0.472. The number of aromatic nitrogens is 2. The first-order valence-corrected chi connectivity index (χ1v) is 4.23. The first-order chi connectivity index (χ1) is 5.77. The topological polar surface area (TPSA) is 51.8 Å². The van der Waals surface area contributed by atoms with Crippen LogP contribution < -0.4 is 5.73 Å². The molecule has 2 N–H and O–H groups in total. The van der Waals surface area contributed by atoms with Crippen LogP contribution in [0.5, 0.6) is 0 Å². The van der Waals surface area contributed by atoms with Crippen LogP contribution in [0.15, 0.2) is 28.9 Å². The fourth-order valence-corrected chi connectivity index (χ4v) is 1.46. The average molecular weight is 224 g/mol. The van der Waals surface area contributed by atoms with Crippen LogP contribution in [0, 0.1) is 0 Å². The summed E-state index contributed by atoms with van der Waals surface area (Å²) < 4.78 is 1.02. The van der Waals surface area contributed by atoms with Crippen molar-refractivity contribution in [3.05, 3.63) is 28.9 Å². The quantitative estimate of drug-likeness (QED) is 0.744. The summed E-state index contributed by atoms with van der Waals surface area (Å²) >= 11 is 3.37. The Labute approximate surface area is 77.7 Å². The van der Waals surface area contributed by atoms with Gasteiger partial charge in [-0.25, -0.2) is 0 Å². The highest BCUT2D eigenvalue weighted by Crippen LogP contribution is 2.21. The molecule has 0 unspecified atom stereocenters. The number of nitrogen functional groups attached to an aromatic ring is 1. The van der Waals surface area contributed by atoms with Crippen molar-refractivity contribution in [3.8, 4) is 0 Å². The largest absolute Gasteiger partial charge is 0.382 e. The fraction of sp³-hybridized carbons (Fsp3) is 0. The molecule has 1 heterocycles. The van der Waals surface area contributed by atoms with Crippen molar-refractivity contribution in [2.45, 2.75) is 0 Å². The third-order valence-corrected chi connectivity index (χ3v) is 2.15. The number of hydrogen-bond donors (Lipinski definition) is 1. The smallest absolute Gasteiger partial charge is 0.153 e. The number of benzene rings is 1. The van der Waals surface area contributed by atoms with E-state index in [4.69, 9.17) is 5.73 Å². The zero-order valence-electron chi connectivity index (χ0n) is 6.16. The molecule has 1 aromatic carbocycles. The fourth-order valence-electron chi connectivity index (χ4n) is 1.08. The SMILES string of the molecule is Nc1nncc2cc(Br)ccc12. The van der Waals surface area contributed by atoms with Crippen LogP contribution in [-0.4, -0.2) is 10.2 Å². The molecule has 0 atom stereocenters. The minimum atomic E-state index is 0.472. The first-order valence-electron chi connectivity index (χ1n) is 3.44. The molecule has 0 fully saturated rings. The van der Waals surface area contributed by atoms with Crippen molar-refractivity contribution >= 4 is 32.5 Å². The van der Waals surface area contributed by atoms with Gasteiger partial charge in [-0.3, -0.25) is 0 Å². The van der Waals surface area contributed by atoms with Gasteiger partial charge < -0.3 is 5.73 Å². The van der Waals surface area contributed by atoms with E-state index in [1.54, 1.807) is 6.20 Å². The van der Waals surface area contributed by atoms with Gasteiger partial charge in [-0.1, -0.05) is 15.9 Å². The van der Waals surface area contributed by atoms with Crippen molar-refractivity contribution in [1.82, 2.24) is 10.2 Å². The lowest BCUT2D eigenvalue weighted by Gasteiger charge is -1.98. The summed E-state index contributed by atoms with van der Waals surface area (Å²) in [5, 5.41) is 9.44. The monoisotopic (exact) mass is 223 g/mol. The number of fused-ring (bicyclic) bond motifs is 1. The van der Waals surface area contributed by atoms with Crippen LogP contribution >= 0.6 is 15.9 Å². The summed E-state index contributed by atoms with van der Waals surface area (Å²) in [5.41, 5.74) is 5.62. The highest BCUT2D eigenvalue weighted by Gasteiger charge is 1.98. The predicted molar refractivity (Wildman–Crippen MR) is 51.7 cm³/mol. The van der Waals surface area contributed by atoms with Gasteiger partial charge in [0.1, 0.15) is 0 Å². The standard InChI is InChI=1S/C8H6BrN3/c9-6-1-2-7-5(3-6)4-11-12-8(7)10/h1-4H,(H2,10,12). The Bertz CT molecular complexity index is 428. The van der Waals surface area contributed by atoms with Gasteiger partial charge in [-0.05, 0) is 18.2 Å². The summed E-state index contributed by atoms with van der Waals surface area (Å²) in [6.45, 7) is 0. The van der Waals surface area contributed by atoms with Gasteiger partial charge in [0.2, 0.25) is 0 Å². The Kier molecular flexibility index (Phi) is 1.69. The zero-order chi connectivity index (χ0) is 8.55. The second-order valence-corrected chi connectivity index (χ2v) is 3.38. The van der Waals surface area contributed by atoms with Gasteiger partial charge >= 0.3 is 0 Å². The van der Waals surface area contributed by atoms with Crippen LogP contribution in [0.3, 0.4) is 0 Å². The van der Waals surface area contributed by atoms with Gasteiger partial charge in [0, 0.05) is 15.2 Å². The molecule has 0 saturated heterocycles. The van der Waals surface area contributed by atoms with E-state index in [9.17, 15) is 0 Å². The third-order valence-electron chi connectivity index (χ3n) is 1.65. The molecule has 3 nitrogen and oxygen atoms in total. The highest BCUT2D eigenvalue weighted by molar-refractivity contribution is 9.10. The van der Waals surface area contributed by atoms with Crippen LogP contribution in [0.25, 0.3) is 10.8 Å². The number of nitrogens with two attached hydrogens (primary N) is 1. The number of hydrogen-bond acceptors (Lipinski definition) is 3. The molecule has 0 radical (unpaired) electrons. The van der Waals surface area contributed by atoms with Crippen LogP contribution in [0.4, 0.5) is 5.82 Å². The third kappa shape index (κ3) is 1.14. The van der Waals surface area contributed by atoms with Crippen molar-refractivity contribution in [2.75, 3.05) is 5.73 Å². The highest BCUT2D eigenvalue weighted by atomic mass is 79.9. The van der Waals surface area contributed by atoms with E-state index < -0.39 is 0 Å². The van der Waals surface area contributed by atoms with Crippen molar-refractivity contribution < 1.29 is 0 Å². The minimum Gasteiger partial charge on any atom is -0.382 e. The van der Waals surface area contributed by atoms with Crippen LogP contribution in [0.1, 0.15) is 0 Å². The van der Waals surface area contributed by atoms with E-state index in [-0.39, 0.29) is 0 Å². The molecule has 0 amide bonds. The van der Waals surface area contributed by atoms with E-state index in [1.807, 2.05) is 18.2 Å². The maximum Gasteiger partial charge on any atom is 0.153 e. The van der Waals surface area contributed by atoms with E-state index in [1.165, 1.54) is 0 Å². The zero-order valence-corrected chi connectivity index (χ0v) is 7.75. The number of nitrogens with zero attached hydrogens (tertiary/aromatic N) is 2. The molecule has 0 aliphatic carbocycles. The Morgan fingerprint density at radius 1 is 1.33 bits per heavy atom. The molecular weight excluding hydrogens is 218 g/mol. The summed E-state index contributed by atoms with van der Waals surface area (Å²) in [7, 11) is 0. The van der Waals surface area contributed by atoms with Crippen LogP contribution in [0.2, 0.25) is 0 Å². The maximum atomic E-state index is 5.62. The molecule has 2 aromatic rings. The molecule has 2 rings (SSSR count). The normalized spacial score (nSPS) is 10.4. The number of anilines is 1. The molecule has 0 bridgehead atoms. The molecule has 0 aliphatic heterocycles. The molecule has 0 spiro atoms. The molecule has 12 heavy (non-hydrogen) atoms. The maximum absolute atomic E-state index is 5.62. The summed E-state index contributed by atoms with van der Waals surface area (Å²) in [5.74, 6) is 0.472. The lowest BCUT2D eigenvalue weighted by molar-refractivity contribution is 1.06. The van der Waals surface area contributed by atoms with Gasteiger partial charge in [0.25, 0.3) is 0 Å². The second kappa shape index (κ2) is 2.71. The molecule has 0 aliphatic rings. The van der Waals surface area contributed by atoms with E-state index in [0.29, 0.717) is 5.82 Å². The summed E-state index contributed by atoms with van der Waals surface area (Å²) in [4.78, 5) is 0. The predicted octanol–water partition coefficient (Wildman–Crippen LogP) is 1.97. The van der Waals surface area contributed by atoms with Gasteiger partial charge in [-0.15, -0.1) is 5.10 Å². The molecule has 60 valence electrons. The van der Waals surface area contributed by atoms with E-state index in [0.717, 1.165) is 15.2 Å². The number of rotatable bonds is 0. The van der Waals surface area contributed by atoms with Crippen molar-refractivity contribution in [2.24, 2.45) is 0 Å². The van der Waals surface area contributed by atoms with Crippen molar-refractivity contribution in [3.63, 3.8) is 0 Å². The van der Waals surface area contributed by atoms with E-state index >= 15 is 0 Å². The number of halogens is 1. The second-order valence-electron chi connectivity index (χ2n) is 2.46. The van der Waals surface area contributed by atoms with Gasteiger partial charge in [-0.2, -0.15) is 5.10 Å². The summed E-state index contributed by atoms with van der Waals surface area (Å²) in [6.07, 6.45) is 1.69. The lowest BCUT2D eigenvalue weighted by Crippen LogP contribution is -1.93. The molecule has 0 saturated carbocycles.